The summed E-state index contributed by atoms with van der Waals surface area (Å²) >= 11 is 0. The van der Waals surface area contributed by atoms with Gasteiger partial charge in [0.1, 0.15) is 0 Å². The predicted octanol–water partition coefficient (Wildman–Crippen LogP) is 4.68. The van der Waals surface area contributed by atoms with Gasteiger partial charge in [-0.05, 0) is 13.0 Å². The summed E-state index contributed by atoms with van der Waals surface area (Å²) in [5.41, 5.74) is 0. The van der Waals surface area contributed by atoms with E-state index in [2.05, 4.69) is 21.4 Å². The van der Waals surface area contributed by atoms with Crippen LogP contribution in [0.3, 0.4) is 0 Å². The molecule has 0 saturated heterocycles. The Bertz CT molecular complexity index is 94.7. The van der Waals surface area contributed by atoms with Gasteiger partial charge in [-0.2, -0.15) is 0 Å². The first-order valence-corrected chi connectivity index (χ1v) is 7.43. The zero-order valence-corrected chi connectivity index (χ0v) is 11.7. The minimum absolute atomic E-state index is 1.15. The monoisotopic (exact) mass is 231 g/mol. The van der Waals surface area contributed by atoms with Gasteiger partial charge in [0.15, 0.2) is 0 Å². The van der Waals surface area contributed by atoms with E-state index in [0.29, 0.717) is 0 Å². The van der Waals surface area contributed by atoms with Crippen molar-refractivity contribution in [3.05, 3.63) is 0 Å². The molecule has 1 nitrogen and oxygen atoms in total. The smallest absolute Gasteiger partial charge is 0.00144 e. The standard InChI is InChI=1S/C13H30NP/c1-2-3-4-5-6-7-8-9-10-11-12-13-14-15/h14H,2-13,15H2,1H3. The quantitative estimate of drug-likeness (QED) is 0.380. The Morgan fingerprint density at radius 2 is 1.07 bits per heavy atom. The molecule has 1 unspecified atom stereocenters. The number of nitrogens with one attached hydrogen (secondary N) is 1. The van der Waals surface area contributed by atoms with Crippen LogP contribution in [0.5, 0.6) is 0 Å². The van der Waals surface area contributed by atoms with Crippen molar-refractivity contribution < 1.29 is 0 Å². The first kappa shape index (κ1) is 15.4. The van der Waals surface area contributed by atoms with Crippen LogP contribution in [-0.2, 0) is 0 Å². The van der Waals surface area contributed by atoms with E-state index in [9.17, 15) is 0 Å². The van der Waals surface area contributed by atoms with Gasteiger partial charge >= 0.3 is 0 Å². The number of hydrogen-bond acceptors (Lipinski definition) is 1. The fourth-order valence-electron chi connectivity index (χ4n) is 1.89. The second-order valence-electron chi connectivity index (χ2n) is 4.49. The topological polar surface area (TPSA) is 12.0 Å². The summed E-state index contributed by atoms with van der Waals surface area (Å²) in [5.74, 6) is 0. The highest BCUT2D eigenvalue weighted by Gasteiger charge is 1.92. The van der Waals surface area contributed by atoms with E-state index in [1.54, 1.807) is 0 Å². The van der Waals surface area contributed by atoms with Gasteiger partial charge in [-0.25, -0.2) is 0 Å². The van der Waals surface area contributed by atoms with Crippen molar-refractivity contribution in [2.75, 3.05) is 6.54 Å². The van der Waals surface area contributed by atoms with E-state index in [0.717, 1.165) is 6.54 Å². The highest BCUT2D eigenvalue weighted by molar-refractivity contribution is 7.13. The van der Waals surface area contributed by atoms with E-state index in [4.69, 9.17) is 0 Å². The van der Waals surface area contributed by atoms with Crippen LogP contribution in [-0.4, -0.2) is 6.54 Å². The summed E-state index contributed by atoms with van der Waals surface area (Å²) in [6, 6.07) is 0. The van der Waals surface area contributed by atoms with Crippen LogP contribution >= 0.6 is 9.39 Å². The van der Waals surface area contributed by atoms with E-state index >= 15 is 0 Å². The van der Waals surface area contributed by atoms with E-state index < -0.39 is 0 Å². The van der Waals surface area contributed by atoms with Crippen molar-refractivity contribution in [3.63, 3.8) is 0 Å². The lowest BCUT2D eigenvalue weighted by Crippen LogP contribution is -1.98. The molecule has 15 heavy (non-hydrogen) atoms. The summed E-state index contributed by atoms with van der Waals surface area (Å²) in [4.78, 5) is 0. The normalized spacial score (nSPS) is 10.8. The molecule has 0 fully saturated rings. The molecular formula is C13H30NP. The molecule has 0 rings (SSSR count). The zero-order valence-electron chi connectivity index (χ0n) is 10.6. The van der Waals surface area contributed by atoms with Crippen LogP contribution < -0.4 is 5.09 Å². The number of rotatable bonds is 12. The molecule has 1 atom stereocenters. The molecular weight excluding hydrogens is 201 g/mol. The maximum absolute atomic E-state index is 3.12. The fourth-order valence-corrected chi connectivity index (χ4v) is 2.10. The third kappa shape index (κ3) is 14.4. The van der Waals surface area contributed by atoms with Gasteiger partial charge in [-0.3, -0.25) is 0 Å². The summed E-state index contributed by atoms with van der Waals surface area (Å²) in [6.45, 7) is 3.44. The van der Waals surface area contributed by atoms with Gasteiger partial charge in [-0.15, -0.1) is 0 Å². The Hall–Kier alpha value is 0.390. The second kappa shape index (κ2) is 14.4. The third-order valence-corrected chi connectivity index (χ3v) is 3.21. The third-order valence-electron chi connectivity index (χ3n) is 2.92. The zero-order chi connectivity index (χ0) is 11.2. The van der Waals surface area contributed by atoms with Crippen molar-refractivity contribution >= 4 is 9.39 Å². The first-order valence-electron chi connectivity index (χ1n) is 6.85. The van der Waals surface area contributed by atoms with Crippen molar-refractivity contribution in [1.82, 2.24) is 5.09 Å². The largest absolute Gasteiger partial charge is 0.301 e. The van der Waals surface area contributed by atoms with E-state index in [1.165, 1.54) is 70.6 Å². The molecule has 0 aromatic rings. The molecule has 0 aliphatic rings. The maximum Gasteiger partial charge on any atom is -0.00144 e. The molecule has 0 aromatic carbocycles. The summed E-state index contributed by atoms with van der Waals surface area (Å²) in [7, 11) is 2.56. The first-order chi connectivity index (χ1) is 7.41. The van der Waals surface area contributed by atoms with Gasteiger partial charge in [0.05, 0.1) is 0 Å². The van der Waals surface area contributed by atoms with Gasteiger partial charge in [-0.1, -0.05) is 80.5 Å². The molecule has 0 aliphatic carbocycles. The lowest BCUT2D eigenvalue weighted by atomic mass is 10.1. The van der Waals surface area contributed by atoms with Crippen LogP contribution in [0, 0.1) is 0 Å². The van der Waals surface area contributed by atoms with Crippen LogP contribution in [0.15, 0.2) is 0 Å². The number of hydrogen-bond donors (Lipinski definition) is 1. The molecule has 0 amide bonds. The Morgan fingerprint density at radius 3 is 1.47 bits per heavy atom. The number of unbranched alkanes of at least 4 members (excludes halogenated alkanes) is 10. The average Bonchev–Trinajstić information content (AvgIpc) is 2.26. The van der Waals surface area contributed by atoms with Crippen molar-refractivity contribution in [2.45, 2.75) is 77.6 Å². The molecule has 2 heteroatoms. The van der Waals surface area contributed by atoms with E-state index in [-0.39, 0.29) is 0 Å². The van der Waals surface area contributed by atoms with Crippen LogP contribution in [0.4, 0.5) is 0 Å². The highest BCUT2D eigenvalue weighted by atomic mass is 31.0. The Morgan fingerprint density at radius 1 is 0.667 bits per heavy atom. The minimum atomic E-state index is 1.15. The van der Waals surface area contributed by atoms with Crippen LogP contribution in [0.25, 0.3) is 0 Å². The predicted molar refractivity (Wildman–Crippen MR) is 74.2 cm³/mol. The maximum atomic E-state index is 3.12. The molecule has 0 bridgehead atoms. The summed E-state index contributed by atoms with van der Waals surface area (Å²) in [5, 5.41) is 3.12. The molecule has 92 valence electrons. The minimum Gasteiger partial charge on any atom is -0.301 e. The summed E-state index contributed by atoms with van der Waals surface area (Å²) < 4.78 is 0. The fraction of sp³-hybridized carbons (Fsp3) is 1.00. The van der Waals surface area contributed by atoms with Crippen molar-refractivity contribution in [1.29, 1.82) is 0 Å². The van der Waals surface area contributed by atoms with E-state index in [1.807, 2.05) is 0 Å². The molecule has 0 spiro atoms. The van der Waals surface area contributed by atoms with Gasteiger partial charge in [0.25, 0.3) is 0 Å². The molecule has 0 saturated carbocycles. The molecule has 0 heterocycles. The van der Waals surface area contributed by atoms with Gasteiger partial charge in [0, 0.05) is 0 Å². The Balaban J connectivity index is 2.81. The van der Waals surface area contributed by atoms with Gasteiger partial charge in [0.2, 0.25) is 0 Å². The SMILES string of the molecule is CCCCCCCCCCCCCNP. The molecule has 0 radical (unpaired) electrons. The lowest BCUT2D eigenvalue weighted by Gasteiger charge is -2.02. The lowest BCUT2D eigenvalue weighted by molar-refractivity contribution is 0.549. The van der Waals surface area contributed by atoms with Crippen molar-refractivity contribution in [2.24, 2.45) is 0 Å². The Kier molecular flexibility index (Phi) is 14.8. The average molecular weight is 231 g/mol. The Labute approximate surface area is 99.1 Å². The van der Waals surface area contributed by atoms with Crippen molar-refractivity contribution in [3.8, 4) is 0 Å². The van der Waals surface area contributed by atoms with Crippen LogP contribution in [0.2, 0.25) is 0 Å². The van der Waals surface area contributed by atoms with Gasteiger partial charge < -0.3 is 5.09 Å². The summed E-state index contributed by atoms with van der Waals surface area (Å²) in [6.07, 6.45) is 15.7. The molecule has 0 aromatic heterocycles. The molecule has 0 aliphatic heterocycles. The second-order valence-corrected chi connectivity index (χ2v) is 4.90. The molecule has 1 N–H and O–H groups in total. The van der Waals surface area contributed by atoms with Crippen LogP contribution in [0.1, 0.15) is 77.6 Å². The highest BCUT2D eigenvalue weighted by Crippen LogP contribution is 2.10.